The molecule has 4 fully saturated rings. The minimum atomic E-state index is 0. The van der Waals surface area contributed by atoms with Crippen molar-refractivity contribution in [2.45, 2.75) is 85.0 Å². The zero-order chi connectivity index (χ0) is 16.2. The van der Waals surface area contributed by atoms with Gasteiger partial charge in [0, 0.05) is 5.92 Å². The molecule has 24 heavy (non-hydrogen) atoms. The van der Waals surface area contributed by atoms with Crippen molar-refractivity contribution in [2.24, 2.45) is 45.6 Å². The number of fused-ring (bicyclic) bond motifs is 5. The molecule has 1 N–H and O–H groups in total. The Bertz CT molecular complexity index is 506. The Morgan fingerprint density at radius 1 is 0.875 bits per heavy atom. The Balaban J connectivity index is 0.00000169. The molecular weight excluding hydrogens is 305 g/mol. The average Bonchev–Trinajstić information content (AvgIpc) is 2.91. The molecule has 2 nitrogen and oxygen atoms in total. The van der Waals surface area contributed by atoms with Gasteiger partial charge in [0.2, 0.25) is 0 Å². The fourth-order valence-electron chi connectivity index (χ4n) is 8.05. The third-order valence-corrected chi connectivity index (χ3v) is 9.25. The van der Waals surface area contributed by atoms with Crippen molar-refractivity contribution >= 4 is 35.3 Å². The molecule has 0 aromatic heterocycles. The molecule has 0 aromatic carbocycles. The van der Waals surface area contributed by atoms with E-state index in [1.165, 1.54) is 64.2 Å². The normalized spacial score (nSPS) is 51.1. The first kappa shape index (κ1) is 19.2. The van der Waals surface area contributed by atoms with Gasteiger partial charge < -0.3 is 5.21 Å². The Morgan fingerprint density at radius 3 is 2.38 bits per heavy atom. The van der Waals surface area contributed by atoms with Crippen LogP contribution in [0.2, 0.25) is 0 Å². The molecule has 1 unspecified atom stereocenters. The Hall–Kier alpha value is 0.470. The van der Waals surface area contributed by atoms with Crippen molar-refractivity contribution in [3.05, 3.63) is 0 Å². The summed E-state index contributed by atoms with van der Waals surface area (Å²) in [4.78, 5) is 0. The van der Waals surface area contributed by atoms with Crippen LogP contribution in [-0.2, 0) is 0 Å². The van der Waals surface area contributed by atoms with Crippen molar-refractivity contribution in [1.29, 1.82) is 0 Å². The number of hydrogen-bond acceptors (Lipinski definition) is 2. The van der Waals surface area contributed by atoms with Crippen LogP contribution in [-0.4, -0.2) is 40.5 Å². The van der Waals surface area contributed by atoms with Crippen LogP contribution in [0.5, 0.6) is 0 Å². The Labute approximate surface area is 170 Å². The zero-order valence-electron chi connectivity index (χ0n) is 15.4. The standard InChI is InChI=1S/C21H35NO.Na.H/c1-14(22-23)17-9-10-18-16-8-7-15-6-4-5-12-20(15,2)19(16)11-13-21(17,18)3;;/h15-19,23H,4-13H2,1-3H3;;/t15-,16-,17-,18?,19-,20+,21-;;/m1../s1. The van der Waals surface area contributed by atoms with Crippen LogP contribution < -0.4 is 0 Å². The molecule has 0 aliphatic heterocycles. The molecule has 0 radical (unpaired) electrons. The van der Waals surface area contributed by atoms with Gasteiger partial charge in [0.1, 0.15) is 0 Å². The predicted molar refractivity (Wildman–Crippen MR) is 102 cm³/mol. The third-order valence-electron chi connectivity index (χ3n) is 9.25. The van der Waals surface area contributed by atoms with E-state index < -0.39 is 0 Å². The van der Waals surface area contributed by atoms with E-state index in [9.17, 15) is 5.21 Å². The first-order chi connectivity index (χ1) is 11.0. The van der Waals surface area contributed by atoms with E-state index >= 15 is 0 Å². The van der Waals surface area contributed by atoms with Crippen LogP contribution in [0.15, 0.2) is 5.16 Å². The van der Waals surface area contributed by atoms with Gasteiger partial charge in [0.15, 0.2) is 0 Å². The summed E-state index contributed by atoms with van der Waals surface area (Å²) < 4.78 is 0. The summed E-state index contributed by atoms with van der Waals surface area (Å²) in [5.74, 6) is 4.34. The summed E-state index contributed by atoms with van der Waals surface area (Å²) >= 11 is 0. The van der Waals surface area contributed by atoms with Crippen molar-refractivity contribution in [1.82, 2.24) is 0 Å². The first-order valence-electron chi connectivity index (χ1n) is 10.2. The van der Waals surface area contributed by atoms with Gasteiger partial charge in [-0.05, 0) is 92.8 Å². The minimum absolute atomic E-state index is 0. The van der Waals surface area contributed by atoms with Crippen LogP contribution in [0.25, 0.3) is 0 Å². The van der Waals surface area contributed by atoms with Gasteiger partial charge in [-0.3, -0.25) is 0 Å². The predicted octanol–water partition coefficient (Wildman–Crippen LogP) is 5.24. The van der Waals surface area contributed by atoms with Crippen molar-refractivity contribution in [3.63, 3.8) is 0 Å². The van der Waals surface area contributed by atoms with Gasteiger partial charge in [-0.15, -0.1) is 0 Å². The van der Waals surface area contributed by atoms with E-state index in [2.05, 4.69) is 19.0 Å². The first-order valence-corrected chi connectivity index (χ1v) is 10.2. The maximum absolute atomic E-state index is 9.32. The molecule has 132 valence electrons. The molecule has 4 aliphatic carbocycles. The molecule has 0 aromatic rings. The van der Waals surface area contributed by atoms with Crippen molar-refractivity contribution < 1.29 is 5.21 Å². The second kappa shape index (κ2) is 6.89. The fraction of sp³-hybridized carbons (Fsp3) is 0.952. The van der Waals surface area contributed by atoms with E-state index in [1.807, 2.05) is 6.92 Å². The SMILES string of the molecule is CC(=NO)[C@H]1CCC2[C@H]3CC[C@H]4CCCC[C@]4(C)[C@@H]3CC[C@@]21C.[NaH]. The van der Waals surface area contributed by atoms with Gasteiger partial charge in [0.25, 0.3) is 0 Å². The van der Waals surface area contributed by atoms with Gasteiger partial charge in [0.05, 0.1) is 5.71 Å². The third kappa shape index (κ3) is 2.65. The molecule has 0 heterocycles. The molecule has 0 saturated heterocycles. The maximum atomic E-state index is 9.32. The van der Waals surface area contributed by atoms with Crippen LogP contribution in [0.3, 0.4) is 0 Å². The number of nitrogens with zero attached hydrogens (tertiary/aromatic N) is 1. The molecule has 0 amide bonds. The number of oxime groups is 1. The van der Waals surface area contributed by atoms with E-state index in [0.717, 1.165) is 29.4 Å². The van der Waals surface area contributed by atoms with Crippen LogP contribution in [0, 0.1) is 40.4 Å². The average molecular weight is 342 g/mol. The summed E-state index contributed by atoms with van der Waals surface area (Å²) in [7, 11) is 0. The second-order valence-electron chi connectivity index (χ2n) is 9.82. The molecule has 0 spiro atoms. The molecular formula is C21H36NNaO. The van der Waals surface area contributed by atoms with E-state index in [1.54, 1.807) is 0 Å². The monoisotopic (exact) mass is 341 g/mol. The molecule has 0 bridgehead atoms. The molecule has 4 saturated carbocycles. The molecule has 4 aliphatic rings. The Kier molecular flexibility index (Phi) is 5.52. The molecule has 3 heteroatoms. The quantitative estimate of drug-likeness (QED) is 0.301. The van der Waals surface area contributed by atoms with Gasteiger partial charge >= 0.3 is 29.6 Å². The van der Waals surface area contributed by atoms with Crippen LogP contribution in [0.4, 0.5) is 0 Å². The van der Waals surface area contributed by atoms with E-state index in [-0.39, 0.29) is 29.6 Å². The van der Waals surface area contributed by atoms with Crippen molar-refractivity contribution in [2.75, 3.05) is 0 Å². The fourth-order valence-corrected chi connectivity index (χ4v) is 8.05. The van der Waals surface area contributed by atoms with E-state index in [4.69, 9.17) is 0 Å². The summed E-state index contributed by atoms with van der Waals surface area (Å²) in [6.45, 7) is 7.22. The topological polar surface area (TPSA) is 32.6 Å². The molecule has 7 atom stereocenters. The summed E-state index contributed by atoms with van der Waals surface area (Å²) in [5.41, 5.74) is 2.03. The number of rotatable bonds is 1. The Morgan fingerprint density at radius 2 is 1.62 bits per heavy atom. The molecule has 4 rings (SSSR count). The summed E-state index contributed by atoms with van der Waals surface area (Å²) in [6.07, 6.45) is 14.3. The summed E-state index contributed by atoms with van der Waals surface area (Å²) in [6, 6.07) is 0. The second-order valence-corrected chi connectivity index (χ2v) is 9.82. The van der Waals surface area contributed by atoms with Crippen LogP contribution >= 0.6 is 0 Å². The van der Waals surface area contributed by atoms with Gasteiger partial charge in [-0.2, -0.15) is 0 Å². The van der Waals surface area contributed by atoms with E-state index in [0.29, 0.717) is 16.7 Å². The van der Waals surface area contributed by atoms with Crippen LogP contribution in [0.1, 0.15) is 85.0 Å². The van der Waals surface area contributed by atoms with Gasteiger partial charge in [-0.1, -0.05) is 31.8 Å². The zero-order valence-corrected chi connectivity index (χ0v) is 15.4. The number of hydrogen-bond donors (Lipinski definition) is 1. The van der Waals surface area contributed by atoms with Crippen molar-refractivity contribution in [3.8, 4) is 0 Å². The van der Waals surface area contributed by atoms with Gasteiger partial charge in [-0.25, -0.2) is 0 Å². The summed E-state index contributed by atoms with van der Waals surface area (Å²) in [5, 5.41) is 12.9.